The fourth-order valence-electron chi connectivity index (χ4n) is 2.13. The van der Waals surface area contributed by atoms with Crippen molar-refractivity contribution in [1.82, 2.24) is 0 Å². The van der Waals surface area contributed by atoms with Crippen LogP contribution in [0.25, 0.3) is 0 Å². The van der Waals surface area contributed by atoms with Crippen LogP contribution in [0.5, 0.6) is 0 Å². The Morgan fingerprint density at radius 1 is 0.667 bits per heavy atom. The van der Waals surface area contributed by atoms with Crippen molar-refractivity contribution in [2.45, 2.75) is 71.4 Å². The average molecular weight is 411 g/mol. The average Bonchev–Trinajstić information content (AvgIpc) is 2.39. The van der Waals surface area contributed by atoms with Crippen LogP contribution in [0.15, 0.2) is 0 Å². The summed E-state index contributed by atoms with van der Waals surface area (Å²) in [7, 11) is -4.49. The predicted octanol–water partition coefficient (Wildman–Crippen LogP) is 4.64. The van der Waals surface area contributed by atoms with Gasteiger partial charge in [0.1, 0.15) is 0 Å². The molecule has 0 aliphatic heterocycles. The minimum Gasteiger partial charge on any atom is -0.418 e. The first kappa shape index (κ1) is 24.7. The van der Waals surface area contributed by atoms with Crippen LogP contribution in [-0.2, 0) is 18.0 Å². The van der Waals surface area contributed by atoms with E-state index in [1.165, 1.54) is 6.04 Å². The maximum absolute atomic E-state index is 6.34. The van der Waals surface area contributed by atoms with Crippen molar-refractivity contribution in [2.24, 2.45) is 0 Å². The molecule has 0 saturated heterocycles. The topological polar surface area (TPSA) is 36.9 Å². The molecule has 0 aliphatic carbocycles. The minimum atomic E-state index is -1.97. The van der Waals surface area contributed by atoms with E-state index in [1.807, 2.05) is 0 Å². The zero-order valence-corrected chi connectivity index (χ0v) is 21.9. The lowest BCUT2D eigenvalue weighted by Gasteiger charge is -2.33. The van der Waals surface area contributed by atoms with Crippen LogP contribution in [0.1, 0.15) is 6.42 Å². The van der Waals surface area contributed by atoms with Crippen molar-refractivity contribution < 1.29 is 18.0 Å². The Hall–Kier alpha value is 0.708. The van der Waals surface area contributed by atoms with E-state index in [4.69, 9.17) is 18.0 Å². The van der Waals surface area contributed by atoms with Crippen molar-refractivity contribution >= 4 is 33.0 Å². The normalized spacial score (nSPS) is 16.2. The molecule has 0 rings (SSSR count). The largest absolute Gasteiger partial charge is 0.418 e. The second-order valence-corrected chi connectivity index (χ2v) is 27.8. The van der Waals surface area contributed by atoms with Crippen LogP contribution in [0, 0.1) is 0 Å². The van der Waals surface area contributed by atoms with E-state index in [0.29, 0.717) is 12.5 Å². The number of ether oxygens (including phenoxy) is 1. The molecule has 0 aromatic heterocycles. The zero-order valence-electron chi connectivity index (χ0n) is 17.9. The Labute approximate surface area is 155 Å². The second kappa shape index (κ2) is 10.1. The fraction of sp³-hybridized carbons (Fsp3) is 1.00. The molecular weight excluding hydrogens is 369 g/mol. The van der Waals surface area contributed by atoms with E-state index in [9.17, 15) is 0 Å². The Kier molecular flexibility index (Phi) is 10.4. The Bertz CT molecular complexity index is 353. The monoisotopic (exact) mass is 410 g/mol. The van der Waals surface area contributed by atoms with Gasteiger partial charge in [-0.1, -0.05) is 25.7 Å². The molecule has 0 heterocycles. The zero-order chi connectivity index (χ0) is 19.1. The van der Waals surface area contributed by atoms with Gasteiger partial charge in [0.05, 0.1) is 18.7 Å². The second-order valence-electron chi connectivity index (χ2n) is 9.85. The Morgan fingerprint density at radius 2 is 1.25 bits per heavy atom. The van der Waals surface area contributed by atoms with Crippen LogP contribution >= 0.6 is 0 Å². The molecule has 0 aromatic carbocycles. The molecule has 0 saturated carbocycles. The molecule has 0 radical (unpaired) electrons. The van der Waals surface area contributed by atoms with Crippen molar-refractivity contribution in [3.8, 4) is 0 Å². The lowest BCUT2D eigenvalue weighted by atomic mass is 10.5. The lowest BCUT2D eigenvalue weighted by molar-refractivity contribution is 0.189. The SMILES string of the molecule is COC[Si](C)(CO[Si](C)(C)CO[Si](C)(C)C)OCCC[Si](C)(C)C. The van der Waals surface area contributed by atoms with Crippen LogP contribution in [0.4, 0.5) is 0 Å². The molecule has 0 aliphatic rings. The van der Waals surface area contributed by atoms with Crippen molar-refractivity contribution in [3.05, 3.63) is 0 Å². The molecule has 0 amide bonds. The number of rotatable bonds is 13. The summed E-state index contributed by atoms with van der Waals surface area (Å²) in [6, 6.07) is 1.32. The Morgan fingerprint density at radius 3 is 1.71 bits per heavy atom. The van der Waals surface area contributed by atoms with E-state index < -0.39 is 33.0 Å². The van der Waals surface area contributed by atoms with E-state index >= 15 is 0 Å². The van der Waals surface area contributed by atoms with Gasteiger partial charge in [-0.05, 0) is 45.7 Å². The summed E-state index contributed by atoms with van der Waals surface area (Å²) < 4.78 is 24.2. The summed E-state index contributed by atoms with van der Waals surface area (Å²) in [6.45, 7) is 21.5. The Balaban J connectivity index is 4.43. The molecule has 1 unspecified atom stereocenters. The third-order valence-corrected chi connectivity index (χ3v) is 11.4. The first-order valence-corrected chi connectivity index (χ1v) is 22.1. The predicted molar refractivity (Wildman–Crippen MR) is 115 cm³/mol. The summed E-state index contributed by atoms with van der Waals surface area (Å²) in [5.74, 6) is 0. The van der Waals surface area contributed by atoms with Gasteiger partial charge in [-0.2, -0.15) is 0 Å². The maximum atomic E-state index is 6.34. The maximum Gasteiger partial charge on any atom is 0.238 e. The summed E-state index contributed by atoms with van der Waals surface area (Å²) >= 11 is 0. The third kappa shape index (κ3) is 13.9. The van der Waals surface area contributed by atoms with Gasteiger partial charge in [0.2, 0.25) is 16.6 Å². The first-order chi connectivity index (χ1) is 10.7. The minimum absolute atomic E-state index is 0.694. The van der Waals surface area contributed by atoms with Gasteiger partial charge in [0.25, 0.3) is 0 Å². The van der Waals surface area contributed by atoms with Crippen LogP contribution in [-0.4, -0.2) is 65.4 Å². The van der Waals surface area contributed by atoms with Crippen LogP contribution in [0.3, 0.4) is 0 Å². The molecule has 8 heteroatoms. The first-order valence-electron chi connectivity index (χ1n) is 9.09. The smallest absolute Gasteiger partial charge is 0.238 e. The molecule has 0 aromatic rings. The van der Waals surface area contributed by atoms with Crippen LogP contribution < -0.4 is 0 Å². The van der Waals surface area contributed by atoms with Gasteiger partial charge < -0.3 is 18.0 Å². The molecule has 0 bridgehead atoms. The van der Waals surface area contributed by atoms with Gasteiger partial charge in [0, 0.05) is 21.8 Å². The number of hydrogen-bond donors (Lipinski definition) is 0. The summed E-state index contributed by atoms with van der Waals surface area (Å²) in [4.78, 5) is 0. The molecule has 0 fully saturated rings. The highest BCUT2D eigenvalue weighted by Crippen LogP contribution is 2.16. The van der Waals surface area contributed by atoms with Crippen molar-refractivity contribution in [3.63, 3.8) is 0 Å². The highest BCUT2D eigenvalue weighted by Gasteiger charge is 2.35. The molecular formula is C16H42O4Si4. The van der Waals surface area contributed by atoms with Crippen molar-refractivity contribution in [1.29, 1.82) is 0 Å². The molecule has 0 spiro atoms. The number of methoxy groups -OCH3 is 1. The van der Waals surface area contributed by atoms with Gasteiger partial charge in [-0.3, -0.25) is 0 Å². The van der Waals surface area contributed by atoms with E-state index in [-0.39, 0.29) is 0 Å². The van der Waals surface area contributed by atoms with Gasteiger partial charge in [-0.15, -0.1) is 0 Å². The summed E-state index contributed by atoms with van der Waals surface area (Å²) in [6.07, 6.45) is 3.33. The van der Waals surface area contributed by atoms with E-state index in [2.05, 4.69) is 58.9 Å². The molecule has 4 nitrogen and oxygen atoms in total. The molecule has 24 heavy (non-hydrogen) atoms. The lowest BCUT2D eigenvalue weighted by Crippen LogP contribution is -2.51. The summed E-state index contributed by atoms with van der Waals surface area (Å²) in [5, 5.41) is 0. The summed E-state index contributed by atoms with van der Waals surface area (Å²) in [5.41, 5.74) is 0. The van der Waals surface area contributed by atoms with Crippen molar-refractivity contribution in [2.75, 3.05) is 32.4 Å². The van der Waals surface area contributed by atoms with Gasteiger partial charge in [-0.25, -0.2) is 0 Å². The van der Waals surface area contributed by atoms with E-state index in [1.54, 1.807) is 7.11 Å². The number of hydrogen-bond acceptors (Lipinski definition) is 4. The molecule has 1 atom stereocenters. The quantitative estimate of drug-likeness (QED) is 0.327. The third-order valence-electron chi connectivity index (χ3n) is 3.59. The van der Waals surface area contributed by atoms with Gasteiger partial charge >= 0.3 is 0 Å². The highest BCUT2D eigenvalue weighted by molar-refractivity contribution is 6.77. The van der Waals surface area contributed by atoms with Gasteiger partial charge in [0.15, 0.2) is 8.32 Å². The van der Waals surface area contributed by atoms with E-state index in [0.717, 1.165) is 19.3 Å². The highest BCUT2D eigenvalue weighted by atomic mass is 28.4. The van der Waals surface area contributed by atoms with Crippen LogP contribution in [0.2, 0.25) is 65.0 Å². The fourth-order valence-corrected chi connectivity index (χ4v) is 10.8. The molecule has 146 valence electrons. The molecule has 0 N–H and O–H groups in total. The standard InChI is InChI=1S/C16H42O4Si4/c1-17-14-24(10,18-12-11-13-21(2,3)4)16-20-23(8,9)15-19-22(5,6)7/h11-16H2,1-10H3.